The highest BCUT2D eigenvalue weighted by Gasteiger charge is 2.13. The van der Waals surface area contributed by atoms with Crippen LogP contribution in [0.1, 0.15) is 42.9 Å². The van der Waals surface area contributed by atoms with Crippen LogP contribution in [0.15, 0.2) is 42.5 Å². The van der Waals surface area contributed by atoms with Gasteiger partial charge in [0.1, 0.15) is 5.82 Å². The van der Waals surface area contributed by atoms with Gasteiger partial charge in [0.15, 0.2) is 11.5 Å². The van der Waals surface area contributed by atoms with Crippen molar-refractivity contribution in [1.29, 1.82) is 0 Å². The van der Waals surface area contributed by atoms with E-state index >= 15 is 0 Å². The molecular weight excluding hydrogens is 378 g/mol. The van der Waals surface area contributed by atoms with Crippen molar-refractivity contribution >= 4 is 16.9 Å². The quantitative estimate of drug-likeness (QED) is 0.502. The number of hydrogen-bond acceptors (Lipinski definition) is 4. The molecule has 3 rings (SSSR count). The summed E-state index contributed by atoms with van der Waals surface area (Å²) in [5.74, 6) is 2.70. The first kappa shape index (κ1) is 21.7. The molecule has 1 N–H and O–H groups in total. The molecule has 0 saturated carbocycles. The molecule has 2 aromatic carbocycles. The molecule has 0 aliphatic heterocycles. The summed E-state index contributed by atoms with van der Waals surface area (Å²) in [6.07, 6.45) is 2.77. The lowest BCUT2D eigenvalue weighted by molar-refractivity contribution is 0.0952. The minimum atomic E-state index is -0.121. The molecule has 0 spiro atoms. The van der Waals surface area contributed by atoms with Gasteiger partial charge in [-0.15, -0.1) is 0 Å². The molecule has 1 atom stereocenters. The van der Waals surface area contributed by atoms with Crippen molar-refractivity contribution in [3.8, 4) is 11.5 Å². The van der Waals surface area contributed by atoms with Gasteiger partial charge in [0.2, 0.25) is 0 Å². The number of amides is 1. The molecule has 0 radical (unpaired) electrons. The molecule has 160 valence electrons. The van der Waals surface area contributed by atoms with Gasteiger partial charge in [-0.2, -0.15) is 0 Å². The van der Waals surface area contributed by atoms with Gasteiger partial charge in [-0.05, 0) is 42.7 Å². The number of nitrogens with zero attached hydrogens (tertiary/aromatic N) is 2. The summed E-state index contributed by atoms with van der Waals surface area (Å²) in [7, 11) is 3.14. The number of imidazole rings is 1. The smallest absolute Gasteiger partial charge is 0.251 e. The summed E-state index contributed by atoms with van der Waals surface area (Å²) < 4.78 is 12.8. The average Bonchev–Trinajstić information content (AvgIpc) is 3.13. The van der Waals surface area contributed by atoms with Crippen LogP contribution in [-0.4, -0.2) is 36.2 Å². The van der Waals surface area contributed by atoms with Crippen molar-refractivity contribution in [3.63, 3.8) is 0 Å². The Hall–Kier alpha value is -3.02. The SMILES string of the molecule is CCC(C)Cn1c(CCCNC(=O)c2ccc(OC)c(OC)c2)nc2ccccc21. The summed E-state index contributed by atoms with van der Waals surface area (Å²) >= 11 is 0. The van der Waals surface area contributed by atoms with Crippen LogP contribution in [0.2, 0.25) is 0 Å². The Morgan fingerprint density at radius 3 is 2.63 bits per heavy atom. The zero-order chi connectivity index (χ0) is 21.5. The number of ether oxygens (including phenoxy) is 2. The van der Waals surface area contributed by atoms with Gasteiger partial charge in [0, 0.05) is 25.1 Å². The monoisotopic (exact) mass is 409 g/mol. The summed E-state index contributed by atoms with van der Waals surface area (Å²) in [6, 6.07) is 13.4. The van der Waals surface area contributed by atoms with Gasteiger partial charge >= 0.3 is 0 Å². The minimum absolute atomic E-state index is 0.121. The number of methoxy groups -OCH3 is 2. The topological polar surface area (TPSA) is 65.4 Å². The molecule has 30 heavy (non-hydrogen) atoms. The summed E-state index contributed by atoms with van der Waals surface area (Å²) in [5, 5.41) is 2.99. The predicted octanol–water partition coefficient (Wildman–Crippen LogP) is 4.46. The van der Waals surface area contributed by atoms with Crippen LogP contribution < -0.4 is 14.8 Å². The van der Waals surface area contributed by atoms with Crippen molar-refractivity contribution in [2.24, 2.45) is 5.92 Å². The Morgan fingerprint density at radius 2 is 1.90 bits per heavy atom. The first-order chi connectivity index (χ1) is 14.6. The van der Waals surface area contributed by atoms with Crippen molar-refractivity contribution in [3.05, 3.63) is 53.9 Å². The second-order valence-electron chi connectivity index (χ2n) is 7.57. The molecule has 1 unspecified atom stereocenters. The Bertz CT molecular complexity index is 997. The van der Waals surface area contributed by atoms with Crippen molar-refractivity contribution in [2.45, 2.75) is 39.7 Å². The maximum Gasteiger partial charge on any atom is 0.251 e. The van der Waals surface area contributed by atoms with E-state index < -0.39 is 0 Å². The number of fused-ring (bicyclic) bond motifs is 1. The Labute approximate surface area is 178 Å². The van der Waals surface area contributed by atoms with Crippen molar-refractivity contribution < 1.29 is 14.3 Å². The third-order valence-electron chi connectivity index (χ3n) is 5.43. The fourth-order valence-electron chi connectivity index (χ4n) is 3.49. The summed E-state index contributed by atoms with van der Waals surface area (Å²) in [6.45, 7) is 6.03. The molecule has 1 heterocycles. The second-order valence-corrected chi connectivity index (χ2v) is 7.57. The first-order valence-corrected chi connectivity index (χ1v) is 10.5. The Morgan fingerprint density at radius 1 is 1.13 bits per heavy atom. The van der Waals surface area contributed by atoms with Crippen LogP contribution in [0.25, 0.3) is 11.0 Å². The van der Waals surface area contributed by atoms with Gasteiger partial charge in [-0.1, -0.05) is 32.4 Å². The standard InChI is InChI=1S/C24H31N3O3/c1-5-17(2)16-27-20-10-7-6-9-19(20)26-23(27)11-8-14-25-24(28)18-12-13-21(29-3)22(15-18)30-4/h6-7,9-10,12-13,15,17H,5,8,11,14,16H2,1-4H3,(H,25,28). The zero-order valence-electron chi connectivity index (χ0n) is 18.3. The van der Waals surface area contributed by atoms with Crippen molar-refractivity contribution in [1.82, 2.24) is 14.9 Å². The lowest BCUT2D eigenvalue weighted by Crippen LogP contribution is -2.25. The molecule has 0 fully saturated rings. The van der Waals surface area contributed by atoms with E-state index in [4.69, 9.17) is 14.5 Å². The van der Waals surface area contributed by atoms with Crippen molar-refractivity contribution in [2.75, 3.05) is 20.8 Å². The molecule has 1 aromatic heterocycles. The normalized spacial score (nSPS) is 12.0. The predicted molar refractivity (Wildman–Crippen MR) is 119 cm³/mol. The Kier molecular flexibility index (Phi) is 7.33. The van der Waals surface area contributed by atoms with E-state index in [1.165, 1.54) is 5.52 Å². The second kappa shape index (κ2) is 10.1. The molecule has 0 aliphatic rings. The van der Waals surface area contributed by atoms with E-state index in [2.05, 4.69) is 41.9 Å². The van der Waals surface area contributed by atoms with E-state index in [0.717, 1.165) is 37.1 Å². The molecule has 0 aliphatic carbocycles. The van der Waals surface area contributed by atoms with Crippen LogP contribution >= 0.6 is 0 Å². The van der Waals surface area contributed by atoms with Crippen LogP contribution in [0.3, 0.4) is 0 Å². The van der Waals surface area contributed by atoms with E-state index in [1.807, 2.05) is 6.07 Å². The molecule has 6 nitrogen and oxygen atoms in total. The molecule has 1 amide bonds. The number of nitrogens with one attached hydrogen (secondary N) is 1. The lowest BCUT2D eigenvalue weighted by Gasteiger charge is -2.14. The van der Waals surface area contributed by atoms with E-state index in [-0.39, 0.29) is 5.91 Å². The summed E-state index contributed by atoms with van der Waals surface area (Å²) in [5.41, 5.74) is 2.77. The van der Waals surface area contributed by atoms with Gasteiger partial charge < -0.3 is 19.4 Å². The Balaban J connectivity index is 1.62. The first-order valence-electron chi connectivity index (χ1n) is 10.5. The highest BCUT2D eigenvalue weighted by Crippen LogP contribution is 2.27. The third-order valence-corrected chi connectivity index (χ3v) is 5.43. The van der Waals surface area contributed by atoms with Gasteiger partial charge in [-0.25, -0.2) is 4.98 Å². The molecule has 0 saturated heterocycles. The number of aryl methyl sites for hydroxylation is 1. The van der Waals surface area contributed by atoms with Gasteiger partial charge in [-0.3, -0.25) is 4.79 Å². The highest BCUT2D eigenvalue weighted by atomic mass is 16.5. The van der Waals surface area contributed by atoms with E-state index in [0.29, 0.717) is 29.5 Å². The fourth-order valence-corrected chi connectivity index (χ4v) is 3.49. The number of rotatable bonds is 10. The lowest BCUT2D eigenvalue weighted by atomic mass is 10.1. The van der Waals surface area contributed by atoms with Gasteiger partial charge in [0.05, 0.1) is 25.3 Å². The van der Waals surface area contributed by atoms with Crippen LogP contribution in [0.4, 0.5) is 0 Å². The van der Waals surface area contributed by atoms with Crippen LogP contribution in [0, 0.1) is 5.92 Å². The number of para-hydroxylation sites is 2. The molecule has 0 bridgehead atoms. The minimum Gasteiger partial charge on any atom is -0.493 e. The number of carbonyl (C=O) groups is 1. The van der Waals surface area contributed by atoms with Crippen LogP contribution in [-0.2, 0) is 13.0 Å². The van der Waals surface area contributed by atoms with Crippen LogP contribution in [0.5, 0.6) is 11.5 Å². The molecule has 6 heteroatoms. The summed E-state index contributed by atoms with van der Waals surface area (Å²) in [4.78, 5) is 17.3. The van der Waals surface area contributed by atoms with E-state index in [9.17, 15) is 4.79 Å². The maximum atomic E-state index is 12.5. The zero-order valence-corrected chi connectivity index (χ0v) is 18.3. The number of benzene rings is 2. The maximum absolute atomic E-state index is 12.5. The number of aromatic nitrogens is 2. The van der Waals surface area contributed by atoms with Gasteiger partial charge in [0.25, 0.3) is 5.91 Å². The largest absolute Gasteiger partial charge is 0.493 e. The number of carbonyl (C=O) groups excluding carboxylic acids is 1. The number of hydrogen-bond donors (Lipinski definition) is 1. The van der Waals surface area contributed by atoms with E-state index in [1.54, 1.807) is 32.4 Å². The molecule has 3 aromatic rings. The fraction of sp³-hybridized carbons (Fsp3) is 0.417. The average molecular weight is 410 g/mol. The third kappa shape index (κ3) is 4.93. The highest BCUT2D eigenvalue weighted by molar-refractivity contribution is 5.94. The molecular formula is C24H31N3O3.